The number of carboxylic acids is 6. The van der Waals surface area contributed by atoms with Crippen molar-refractivity contribution in [3.8, 4) is 34.2 Å². The van der Waals surface area contributed by atoms with E-state index in [-0.39, 0.29) is 293 Å². The molecule has 276 valence electrons. The molecule has 0 unspecified atom stereocenters. The molecule has 59 heavy (non-hydrogen) atoms. The summed E-state index contributed by atoms with van der Waals surface area (Å²) in [6.07, 6.45) is 7.71. The van der Waals surface area contributed by atoms with Crippen LogP contribution < -0.4 is 236 Å². The van der Waals surface area contributed by atoms with Crippen molar-refractivity contribution in [1.29, 1.82) is 0 Å². The zero-order valence-corrected chi connectivity index (χ0v) is 45.6. The molecule has 0 bridgehead atoms. The molecule has 6 aromatic rings. The molecule has 6 aromatic heterocycles. The Bertz CT molecular complexity index is 2000. The first kappa shape index (κ1) is 60.0. The van der Waals surface area contributed by atoms with Crippen molar-refractivity contribution in [2.75, 3.05) is 0 Å². The summed E-state index contributed by atoms with van der Waals surface area (Å²) in [7, 11) is 0. The molecular weight excluding hydrogens is 966 g/mol. The zero-order chi connectivity index (χ0) is 39.4. The van der Waals surface area contributed by atoms with E-state index >= 15 is 0 Å². The molecule has 0 aliphatic rings. The number of carbonyl (C=O) groups excluding carboxylic acids is 6. The van der Waals surface area contributed by atoms with Crippen LogP contribution in [0.15, 0.2) is 110 Å². The van der Waals surface area contributed by atoms with Gasteiger partial charge in [0, 0.05) is 70.6 Å². The first-order chi connectivity index (χ1) is 25.7. The Morgan fingerprint density at radius 1 is 0.288 bits per heavy atom. The van der Waals surface area contributed by atoms with E-state index in [4.69, 9.17) is 0 Å². The van der Waals surface area contributed by atoms with Crippen molar-refractivity contribution >= 4 is 35.8 Å². The Morgan fingerprint density at radius 2 is 0.407 bits per heavy atom. The van der Waals surface area contributed by atoms with E-state index in [9.17, 15) is 59.4 Å². The molecule has 0 N–H and O–H groups in total. The Morgan fingerprint density at radius 3 is 0.508 bits per heavy atom. The molecular formula is C36H18K4N6O12Ru. The van der Waals surface area contributed by atoms with Gasteiger partial charge in [-0.3, -0.25) is 29.9 Å². The smallest absolute Gasteiger partial charge is 0.545 e. The van der Waals surface area contributed by atoms with Crippen LogP contribution in [0.5, 0.6) is 0 Å². The van der Waals surface area contributed by atoms with Crippen LogP contribution in [0, 0.1) is 0 Å². The number of hydrogen-bond acceptors (Lipinski definition) is 18. The van der Waals surface area contributed by atoms with Gasteiger partial charge in [-0.1, -0.05) is 0 Å². The molecule has 0 radical (unpaired) electrons. The minimum Gasteiger partial charge on any atom is -0.545 e. The minimum atomic E-state index is -1.34. The van der Waals surface area contributed by atoms with Crippen molar-refractivity contribution < 1.29 is 284 Å². The molecule has 0 spiro atoms. The molecule has 0 amide bonds. The number of aromatic nitrogens is 6. The van der Waals surface area contributed by atoms with E-state index < -0.39 is 35.8 Å². The van der Waals surface area contributed by atoms with Crippen molar-refractivity contribution in [2.45, 2.75) is 0 Å². The summed E-state index contributed by atoms with van der Waals surface area (Å²) >= 11 is 0. The predicted molar refractivity (Wildman–Crippen MR) is 168 cm³/mol. The van der Waals surface area contributed by atoms with Crippen LogP contribution in [0.1, 0.15) is 62.1 Å². The second-order valence-corrected chi connectivity index (χ2v) is 10.3. The van der Waals surface area contributed by atoms with Gasteiger partial charge in [-0.05, 0) is 72.8 Å². The van der Waals surface area contributed by atoms with Gasteiger partial charge in [0.1, 0.15) is 0 Å². The first-order valence-electron chi connectivity index (χ1n) is 14.8. The largest absolute Gasteiger partial charge is 2.00 e. The van der Waals surface area contributed by atoms with E-state index in [1.54, 1.807) is 0 Å². The minimum absolute atomic E-state index is 0. The molecule has 0 saturated heterocycles. The summed E-state index contributed by atoms with van der Waals surface area (Å²) in [4.78, 5) is 87.7. The maximum atomic E-state index is 10.7. The third-order valence-corrected chi connectivity index (χ3v) is 6.76. The third kappa shape index (κ3) is 19.0. The van der Waals surface area contributed by atoms with Gasteiger partial charge in [0.15, 0.2) is 0 Å². The second kappa shape index (κ2) is 30.1. The van der Waals surface area contributed by atoms with Gasteiger partial charge in [-0.25, -0.2) is 0 Å². The van der Waals surface area contributed by atoms with Crippen molar-refractivity contribution in [2.24, 2.45) is 0 Å². The van der Waals surface area contributed by atoms with Gasteiger partial charge < -0.3 is 59.4 Å². The number of rotatable bonds is 9. The Hall–Kier alpha value is -1.11. The molecule has 23 heteroatoms. The second-order valence-electron chi connectivity index (χ2n) is 10.3. The molecule has 0 aromatic carbocycles. The van der Waals surface area contributed by atoms with Crippen LogP contribution in [0.2, 0.25) is 0 Å². The number of aromatic carboxylic acids is 6. The third-order valence-electron chi connectivity index (χ3n) is 6.76. The number of carboxylic acid groups (broad SMARTS) is 6. The monoisotopic (exact) mass is 984 g/mol. The maximum absolute atomic E-state index is 10.7. The zero-order valence-electron chi connectivity index (χ0n) is 31.3. The van der Waals surface area contributed by atoms with Crippen LogP contribution in [-0.4, -0.2) is 65.7 Å². The summed E-state index contributed by atoms with van der Waals surface area (Å²) in [6, 6.07) is 15.2. The number of pyridine rings is 6. The van der Waals surface area contributed by atoms with Crippen molar-refractivity contribution in [3.63, 3.8) is 0 Å². The molecule has 0 atom stereocenters. The maximum Gasteiger partial charge on any atom is 2.00 e. The Balaban J connectivity index is 0. The standard InChI is InChI=1S/3C12H8N2O4.4K.Ru/c3*15-11(16)7-1-3-13-9(5-7)10-6-8(12(17)18)2-4-14-10;;;;;/h3*1-6H,(H,15,16)(H,17,18);;;;;/q;;;4*+1;+2/p-6. The van der Waals surface area contributed by atoms with E-state index in [0.717, 1.165) is 0 Å². The Kier molecular flexibility index (Phi) is 30.6. The predicted octanol–water partition coefficient (Wildman–Crippen LogP) is -15.4. The normalized spacial score (nSPS) is 9.15. The average molecular weight is 984 g/mol. The van der Waals surface area contributed by atoms with Gasteiger partial charge in [0.25, 0.3) is 0 Å². The molecule has 6 rings (SSSR count). The van der Waals surface area contributed by atoms with E-state index in [2.05, 4.69) is 29.9 Å². The van der Waals surface area contributed by atoms with Crippen LogP contribution in [0.3, 0.4) is 0 Å². The summed E-state index contributed by atoms with van der Waals surface area (Å²) in [5.41, 5.74) is 1.17. The quantitative estimate of drug-likeness (QED) is 0.121. The molecule has 0 saturated carbocycles. The van der Waals surface area contributed by atoms with E-state index in [1.165, 1.54) is 110 Å². The van der Waals surface area contributed by atoms with E-state index in [1.807, 2.05) is 0 Å². The number of nitrogens with zero attached hydrogens (tertiary/aromatic N) is 6. The average Bonchev–Trinajstić information content (AvgIpc) is 3.18. The molecule has 0 fully saturated rings. The fourth-order valence-electron chi connectivity index (χ4n) is 4.19. The van der Waals surface area contributed by atoms with Crippen LogP contribution in [-0.2, 0) is 19.5 Å². The van der Waals surface area contributed by atoms with Crippen LogP contribution in [0.25, 0.3) is 34.2 Å². The summed E-state index contributed by atoms with van der Waals surface area (Å²) in [6.45, 7) is 0. The molecule has 18 nitrogen and oxygen atoms in total. The fourth-order valence-corrected chi connectivity index (χ4v) is 4.19. The first-order valence-corrected chi connectivity index (χ1v) is 14.8. The van der Waals surface area contributed by atoms with Crippen molar-refractivity contribution in [1.82, 2.24) is 29.9 Å². The molecule has 6 heterocycles. The van der Waals surface area contributed by atoms with Gasteiger partial charge in [-0.15, -0.1) is 0 Å². The number of carbonyl (C=O) groups is 6. The molecule has 0 aliphatic carbocycles. The summed E-state index contributed by atoms with van der Waals surface area (Å²) < 4.78 is 0. The van der Waals surface area contributed by atoms with Gasteiger partial charge in [0.05, 0.1) is 70.0 Å². The molecule has 0 aliphatic heterocycles. The topological polar surface area (TPSA) is 318 Å². The number of hydrogen-bond donors (Lipinski definition) is 0. The van der Waals surface area contributed by atoms with Gasteiger partial charge in [0.2, 0.25) is 0 Å². The van der Waals surface area contributed by atoms with E-state index in [0.29, 0.717) is 0 Å². The summed E-state index contributed by atoms with van der Waals surface area (Å²) in [5, 5.41) is 64.2. The van der Waals surface area contributed by atoms with Crippen molar-refractivity contribution in [3.05, 3.63) is 143 Å². The van der Waals surface area contributed by atoms with Crippen LogP contribution in [0.4, 0.5) is 0 Å². The van der Waals surface area contributed by atoms with Gasteiger partial charge in [-0.2, -0.15) is 0 Å². The van der Waals surface area contributed by atoms with Crippen LogP contribution >= 0.6 is 0 Å². The SMILES string of the molecule is O=C([O-])c1ccnc(-c2cc(C(=O)[O-])ccn2)c1.O=C([O-])c1ccnc(-c2cc(C(=O)[O-])ccn2)c1.O=C([O-])c1ccnc(-c2cc(C(=O)[O-])ccn2)c1.[K+].[K+].[K+].[K+].[Ru+2]. The fraction of sp³-hybridized carbons (Fsp3) is 0. The summed E-state index contributed by atoms with van der Waals surface area (Å²) in [5.74, 6) is -8.03. The van der Waals surface area contributed by atoms with Gasteiger partial charge >= 0.3 is 225 Å². The Labute approximate surface area is 517 Å².